The molecular formula is C19H29NO5. The fourth-order valence-electron chi connectivity index (χ4n) is 2.65. The van der Waals surface area contributed by atoms with Gasteiger partial charge in [0.05, 0.1) is 19.8 Å². The van der Waals surface area contributed by atoms with Crippen molar-refractivity contribution in [2.24, 2.45) is 0 Å². The van der Waals surface area contributed by atoms with Crippen LogP contribution in [-0.4, -0.2) is 53.2 Å². The van der Waals surface area contributed by atoms with E-state index in [1.807, 2.05) is 12.1 Å². The van der Waals surface area contributed by atoms with Gasteiger partial charge in [-0.15, -0.1) is 0 Å². The van der Waals surface area contributed by atoms with Gasteiger partial charge < -0.3 is 18.9 Å². The molecule has 0 bridgehead atoms. The van der Waals surface area contributed by atoms with E-state index in [4.69, 9.17) is 18.9 Å². The summed E-state index contributed by atoms with van der Waals surface area (Å²) in [6.07, 6.45) is 7.78. The summed E-state index contributed by atoms with van der Waals surface area (Å²) in [5.74, 6) is -0.565. The number of methoxy groups -OCH3 is 2. The van der Waals surface area contributed by atoms with Crippen molar-refractivity contribution in [1.82, 2.24) is 0 Å². The minimum atomic E-state index is -0.565. The minimum absolute atomic E-state index is 0.117. The SMILES string of the molecule is COCCCCC1=C/C(=C(/C#N)C(=O)OCCOCCOC)CCC1. The number of carbonyl (C=O) groups excluding carboxylic acids is 1. The summed E-state index contributed by atoms with van der Waals surface area (Å²) < 4.78 is 20.3. The smallest absolute Gasteiger partial charge is 0.349 e. The molecule has 0 saturated carbocycles. The van der Waals surface area contributed by atoms with Crippen molar-refractivity contribution in [3.63, 3.8) is 0 Å². The quantitative estimate of drug-likeness (QED) is 0.233. The number of esters is 1. The second kappa shape index (κ2) is 13.6. The van der Waals surface area contributed by atoms with E-state index in [2.05, 4.69) is 0 Å². The molecule has 6 heteroatoms. The number of unbranched alkanes of at least 4 members (excludes halogenated alkanes) is 1. The Morgan fingerprint density at radius 1 is 1.08 bits per heavy atom. The van der Waals surface area contributed by atoms with Crippen LogP contribution in [0.5, 0.6) is 0 Å². The largest absolute Gasteiger partial charge is 0.459 e. The van der Waals surface area contributed by atoms with Gasteiger partial charge in [0.25, 0.3) is 0 Å². The van der Waals surface area contributed by atoms with E-state index in [9.17, 15) is 10.1 Å². The Labute approximate surface area is 150 Å². The Kier molecular flexibility index (Phi) is 11.6. The summed E-state index contributed by atoms with van der Waals surface area (Å²) in [5.41, 5.74) is 2.20. The van der Waals surface area contributed by atoms with Crippen molar-refractivity contribution in [2.75, 3.05) is 47.3 Å². The predicted molar refractivity (Wildman–Crippen MR) is 94.0 cm³/mol. The average Bonchev–Trinajstić information content (AvgIpc) is 2.63. The van der Waals surface area contributed by atoms with Crippen LogP contribution in [-0.2, 0) is 23.7 Å². The Hall–Kier alpha value is -1.68. The van der Waals surface area contributed by atoms with Crippen molar-refractivity contribution in [2.45, 2.75) is 38.5 Å². The second-order valence-corrected chi connectivity index (χ2v) is 5.86. The first-order chi connectivity index (χ1) is 12.2. The van der Waals surface area contributed by atoms with E-state index >= 15 is 0 Å². The van der Waals surface area contributed by atoms with E-state index in [0.29, 0.717) is 19.8 Å². The third-order valence-corrected chi connectivity index (χ3v) is 3.95. The van der Waals surface area contributed by atoms with E-state index in [1.165, 1.54) is 5.57 Å². The summed E-state index contributed by atoms with van der Waals surface area (Å²) in [6, 6.07) is 2.01. The number of nitriles is 1. The third kappa shape index (κ3) is 8.82. The molecule has 0 aromatic carbocycles. The summed E-state index contributed by atoms with van der Waals surface area (Å²) in [7, 11) is 3.30. The van der Waals surface area contributed by atoms with Gasteiger partial charge in [0.1, 0.15) is 18.2 Å². The standard InChI is InChI=1S/C19H29NO5/c1-22-9-4-3-6-16-7-5-8-17(14-16)18(15-20)19(21)25-13-12-24-11-10-23-2/h14H,3-13H2,1-2H3/b18-17-. The molecule has 0 aromatic heterocycles. The van der Waals surface area contributed by atoms with Crippen molar-refractivity contribution in [3.05, 3.63) is 22.8 Å². The molecule has 1 aliphatic carbocycles. The molecule has 0 N–H and O–H groups in total. The molecule has 0 fully saturated rings. The highest BCUT2D eigenvalue weighted by Crippen LogP contribution is 2.28. The first-order valence-corrected chi connectivity index (χ1v) is 8.78. The maximum absolute atomic E-state index is 12.1. The monoisotopic (exact) mass is 351 g/mol. The number of rotatable bonds is 12. The fraction of sp³-hybridized carbons (Fsp3) is 0.684. The van der Waals surface area contributed by atoms with Gasteiger partial charge in [-0.3, -0.25) is 0 Å². The van der Waals surface area contributed by atoms with Crippen LogP contribution in [0.15, 0.2) is 22.8 Å². The highest BCUT2D eigenvalue weighted by Gasteiger charge is 2.18. The molecule has 0 atom stereocenters. The molecular weight excluding hydrogens is 322 g/mol. The lowest BCUT2D eigenvalue weighted by molar-refractivity contribution is -0.140. The van der Waals surface area contributed by atoms with Crippen LogP contribution in [0.4, 0.5) is 0 Å². The van der Waals surface area contributed by atoms with Crippen LogP contribution in [0.25, 0.3) is 0 Å². The van der Waals surface area contributed by atoms with E-state index in [0.717, 1.165) is 50.7 Å². The van der Waals surface area contributed by atoms with E-state index in [1.54, 1.807) is 14.2 Å². The van der Waals surface area contributed by atoms with Crippen molar-refractivity contribution in [3.8, 4) is 6.07 Å². The van der Waals surface area contributed by atoms with Gasteiger partial charge in [-0.05, 0) is 44.1 Å². The Balaban J connectivity index is 2.53. The Morgan fingerprint density at radius 2 is 1.84 bits per heavy atom. The first-order valence-electron chi connectivity index (χ1n) is 8.78. The van der Waals surface area contributed by atoms with Gasteiger partial charge in [-0.25, -0.2) is 4.79 Å². The molecule has 0 saturated heterocycles. The van der Waals surface area contributed by atoms with Gasteiger partial charge in [-0.2, -0.15) is 5.26 Å². The molecule has 1 aliphatic rings. The van der Waals surface area contributed by atoms with E-state index < -0.39 is 5.97 Å². The highest BCUT2D eigenvalue weighted by molar-refractivity contribution is 5.94. The normalized spacial score (nSPS) is 16.1. The maximum atomic E-state index is 12.1. The average molecular weight is 351 g/mol. The Morgan fingerprint density at radius 3 is 2.56 bits per heavy atom. The summed E-state index contributed by atoms with van der Waals surface area (Å²) >= 11 is 0. The molecule has 0 heterocycles. The molecule has 0 aromatic rings. The first kappa shape index (κ1) is 21.4. The van der Waals surface area contributed by atoms with Crippen LogP contribution in [0.2, 0.25) is 0 Å². The zero-order valence-electron chi connectivity index (χ0n) is 15.3. The molecule has 25 heavy (non-hydrogen) atoms. The molecule has 140 valence electrons. The third-order valence-electron chi connectivity index (χ3n) is 3.95. The number of carbonyl (C=O) groups is 1. The maximum Gasteiger partial charge on any atom is 0.349 e. The highest BCUT2D eigenvalue weighted by atomic mass is 16.6. The molecule has 0 unspecified atom stereocenters. The number of ether oxygens (including phenoxy) is 4. The lowest BCUT2D eigenvalue weighted by Gasteiger charge is -2.16. The van der Waals surface area contributed by atoms with Crippen molar-refractivity contribution >= 4 is 5.97 Å². The summed E-state index contributed by atoms with van der Waals surface area (Å²) in [4.78, 5) is 12.1. The Bertz CT molecular complexity index is 504. The van der Waals surface area contributed by atoms with Gasteiger partial charge in [-0.1, -0.05) is 11.6 Å². The molecule has 6 nitrogen and oxygen atoms in total. The van der Waals surface area contributed by atoms with Crippen LogP contribution < -0.4 is 0 Å². The molecule has 1 rings (SSSR count). The molecule has 0 spiro atoms. The zero-order valence-corrected chi connectivity index (χ0v) is 15.3. The van der Waals surface area contributed by atoms with Gasteiger partial charge in [0.15, 0.2) is 0 Å². The lowest BCUT2D eigenvalue weighted by Crippen LogP contribution is -2.15. The number of allylic oxidation sites excluding steroid dienone is 3. The topological polar surface area (TPSA) is 77.8 Å². The van der Waals surface area contributed by atoms with Crippen LogP contribution in [0.1, 0.15) is 38.5 Å². The van der Waals surface area contributed by atoms with Crippen molar-refractivity contribution in [1.29, 1.82) is 5.26 Å². The van der Waals surface area contributed by atoms with Crippen LogP contribution >= 0.6 is 0 Å². The zero-order chi connectivity index (χ0) is 18.3. The molecule has 0 aliphatic heterocycles. The number of hydrogen-bond donors (Lipinski definition) is 0. The summed E-state index contributed by atoms with van der Waals surface area (Å²) in [5, 5.41) is 9.35. The summed E-state index contributed by atoms with van der Waals surface area (Å²) in [6.45, 7) is 2.14. The van der Waals surface area contributed by atoms with Crippen molar-refractivity contribution < 1.29 is 23.7 Å². The van der Waals surface area contributed by atoms with E-state index in [-0.39, 0.29) is 12.2 Å². The van der Waals surface area contributed by atoms with Gasteiger partial charge >= 0.3 is 5.97 Å². The molecule has 0 radical (unpaired) electrons. The predicted octanol–water partition coefficient (Wildman–Crippen LogP) is 2.94. The molecule has 0 amide bonds. The van der Waals surface area contributed by atoms with Gasteiger partial charge in [0, 0.05) is 20.8 Å². The second-order valence-electron chi connectivity index (χ2n) is 5.86. The number of nitrogens with zero attached hydrogens (tertiary/aromatic N) is 1. The lowest BCUT2D eigenvalue weighted by atomic mass is 9.90. The van der Waals surface area contributed by atoms with Crippen LogP contribution in [0, 0.1) is 11.3 Å². The number of hydrogen-bond acceptors (Lipinski definition) is 6. The van der Waals surface area contributed by atoms with Gasteiger partial charge in [0.2, 0.25) is 0 Å². The minimum Gasteiger partial charge on any atom is -0.459 e. The van der Waals surface area contributed by atoms with Crippen LogP contribution in [0.3, 0.4) is 0 Å². The fourth-order valence-corrected chi connectivity index (χ4v) is 2.65.